The molecule has 1 fully saturated rings. The van der Waals surface area contributed by atoms with Crippen LogP contribution in [0.25, 0.3) is 27.7 Å². The summed E-state index contributed by atoms with van der Waals surface area (Å²) in [6, 6.07) is 15.4. The summed E-state index contributed by atoms with van der Waals surface area (Å²) < 4.78 is 7.92. The normalized spacial score (nSPS) is 14.4. The maximum atomic E-state index is 11.7. The van der Waals surface area contributed by atoms with Crippen molar-refractivity contribution in [2.75, 3.05) is 18.9 Å². The van der Waals surface area contributed by atoms with E-state index >= 15 is 0 Å². The number of anilines is 1. The topological polar surface area (TPSA) is 120 Å². The van der Waals surface area contributed by atoms with Gasteiger partial charge in [0.15, 0.2) is 0 Å². The number of amides is 1. The van der Waals surface area contributed by atoms with Crippen LogP contribution in [0, 0.1) is 12.3 Å². The van der Waals surface area contributed by atoms with Crippen molar-refractivity contribution in [3.05, 3.63) is 77.2 Å². The van der Waals surface area contributed by atoms with Gasteiger partial charge in [-0.15, -0.1) is 0 Å². The number of nitrogens with one attached hydrogen (secondary N) is 1. The molecule has 5 rings (SSSR count). The van der Waals surface area contributed by atoms with Crippen molar-refractivity contribution in [3.8, 4) is 16.8 Å². The van der Waals surface area contributed by atoms with Crippen molar-refractivity contribution in [1.29, 1.82) is 5.41 Å². The summed E-state index contributed by atoms with van der Waals surface area (Å²) in [6.07, 6.45) is 4.93. The Labute approximate surface area is 197 Å². The van der Waals surface area contributed by atoms with Crippen molar-refractivity contribution in [1.82, 2.24) is 9.55 Å². The van der Waals surface area contributed by atoms with Crippen LogP contribution in [0.15, 0.2) is 54.7 Å². The zero-order valence-electron chi connectivity index (χ0n) is 19.0. The van der Waals surface area contributed by atoms with Crippen LogP contribution in [0.5, 0.6) is 0 Å². The third kappa shape index (κ3) is 3.74. The predicted octanol–water partition coefficient (Wildman–Crippen LogP) is 4.57. The Morgan fingerprint density at radius 2 is 1.88 bits per heavy atom. The molecule has 3 heterocycles. The Bertz CT molecular complexity index is 1400. The number of pyridine rings is 1. The van der Waals surface area contributed by atoms with Crippen LogP contribution in [-0.2, 0) is 4.74 Å². The minimum atomic E-state index is -0.457. The molecule has 0 saturated carbocycles. The largest absolute Gasteiger partial charge is 0.398 e. The second-order valence-electron chi connectivity index (χ2n) is 8.72. The number of hydrogen-bond donors (Lipinski definition) is 3. The smallest absolute Gasteiger partial charge is 0.248 e. The van der Waals surface area contributed by atoms with E-state index < -0.39 is 5.91 Å². The van der Waals surface area contributed by atoms with E-state index in [1.165, 1.54) is 11.9 Å². The summed E-state index contributed by atoms with van der Waals surface area (Å²) in [7, 11) is 0. The minimum absolute atomic E-state index is 0.269. The van der Waals surface area contributed by atoms with Crippen LogP contribution in [-0.4, -0.2) is 34.9 Å². The number of benzene rings is 2. The molecule has 2 aromatic carbocycles. The number of nitrogen functional groups attached to an aromatic ring is 1. The van der Waals surface area contributed by atoms with Gasteiger partial charge in [0, 0.05) is 76.4 Å². The number of ether oxygens (including phenoxy) is 1. The molecule has 0 radical (unpaired) electrons. The van der Waals surface area contributed by atoms with Gasteiger partial charge in [0.25, 0.3) is 0 Å². The molecular formula is C27H27N5O2. The molecule has 34 heavy (non-hydrogen) atoms. The first-order chi connectivity index (χ1) is 16.5. The monoisotopic (exact) mass is 453 g/mol. The number of nitrogens with zero attached hydrogens (tertiary/aromatic N) is 2. The van der Waals surface area contributed by atoms with Crippen LogP contribution in [0.2, 0.25) is 0 Å². The van der Waals surface area contributed by atoms with Crippen LogP contribution in [0.1, 0.15) is 46.1 Å². The molecule has 1 amide bonds. The summed E-state index contributed by atoms with van der Waals surface area (Å²) in [5.41, 5.74) is 19.7. The molecule has 1 aliphatic rings. The van der Waals surface area contributed by atoms with E-state index in [1.807, 2.05) is 43.5 Å². The fourth-order valence-electron chi connectivity index (χ4n) is 4.93. The number of fused-ring (bicyclic) bond motifs is 1. The molecule has 0 spiro atoms. The number of aryl methyl sites for hydroxylation is 1. The number of carbonyl (C=O) groups excluding carboxylic acids is 1. The first-order valence-electron chi connectivity index (χ1n) is 11.4. The fourth-order valence-corrected chi connectivity index (χ4v) is 4.93. The highest BCUT2D eigenvalue weighted by atomic mass is 16.5. The second kappa shape index (κ2) is 8.76. The lowest BCUT2D eigenvalue weighted by Gasteiger charge is -2.26. The van der Waals surface area contributed by atoms with E-state index in [-0.39, 0.29) is 5.92 Å². The van der Waals surface area contributed by atoms with E-state index in [1.54, 1.807) is 12.1 Å². The number of hydrogen-bond acceptors (Lipinski definition) is 5. The first kappa shape index (κ1) is 21.9. The van der Waals surface area contributed by atoms with Crippen LogP contribution >= 0.6 is 0 Å². The van der Waals surface area contributed by atoms with Crippen LogP contribution in [0.3, 0.4) is 0 Å². The van der Waals surface area contributed by atoms with Gasteiger partial charge in [-0.1, -0.05) is 0 Å². The molecule has 2 aromatic heterocycles. The molecule has 1 saturated heterocycles. The van der Waals surface area contributed by atoms with Crippen molar-refractivity contribution < 1.29 is 9.53 Å². The third-order valence-electron chi connectivity index (χ3n) is 6.57. The fraction of sp³-hybridized carbons (Fsp3) is 0.222. The maximum Gasteiger partial charge on any atom is 0.248 e. The predicted molar refractivity (Wildman–Crippen MR) is 135 cm³/mol. The highest BCUT2D eigenvalue weighted by molar-refractivity contribution is 6.04. The number of primary amides is 1. The van der Waals surface area contributed by atoms with Crippen molar-refractivity contribution >= 4 is 28.7 Å². The summed E-state index contributed by atoms with van der Waals surface area (Å²) in [4.78, 5) is 16.1. The summed E-state index contributed by atoms with van der Waals surface area (Å²) in [5, 5.41) is 8.90. The van der Waals surface area contributed by atoms with E-state index in [9.17, 15) is 4.79 Å². The molecule has 1 aliphatic heterocycles. The van der Waals surface area contributed by atoms with Gasteiger partial charge in [-0.05, 0) is 73.9 Å². The SMILES string of the molecule is Cc1cc(-c2c(C3CCOCC3)n(-c3ccc(C(N)=O)cc3)c3cc(N)c(C=N)cc23)ccn1. The first-order valence-corrected chi connectivity index (χ1v) is 11.4. The quantitative estimate of drug-likeness (QED) is 0.303. The van der Waals surface area contributed by atoms with Crippen LogP contribution in [0.4, 0.5) is 5.69 Å². The standard InChI is InChI=1S/C27H27N5O2/c1-16-12-19(6-9-31-16)25-22-13-20(15-28)23(29)14-24(22)32(26(25)17-7-10-34-11-8-17)21-4-2-18(3-5-21)27(30)33/h2-6,9,12-15,17,28H,7-8,10-11,29H2,1H3,(H2,30,33). The Hall–Kier alpha value is -3.97. The van der Waals surface area contributed by atoms with Gasteiger partial charge in [-0.2, -0.15) is 0 Å². The van der Waals surface area contributed by atoms with E-state index in [0.717, 1.165) is 46.3 Å². The van der Waals surface area contributed by atoms with Gasteiger partial charge < -0.3 is 26.2 Å². The average Bonchev–Trinajstić information content (AvgIpc) is 3.18. The third-order valence-corrected chi connectivity index (χ3v) is 6.57. The van der Waals surface area contributed by atoms with Crippen molar-refractivity contribution in [2.24, 2.45) is 5.73 Å². The molecule has 0 aliphatic carbocycles. The average molecular weight is 454 g/mol. The molecule has 0 bridgehead atoms. The Balaban J connectivity index is 1.89. The molecule has 4 aromatic rings. The van der Waals surface area contributed by atoms with Gasteiger partial charge in [0.1, 0.15) is 0 Å². The molecule has 0 unspecified atom stereocenters. The zero-order valence-corrected chi connectivity index (χ0v) is 19.0. The summed E-state index contributed by atoms with van der Waals surface area (Å²) in [6.45, 7) is 3.39. The lowest BCUT2D eigenvalue weighted by Crippen LogP contribution is -2.17. The molecule has 172 valence electrons. The van der Waals surface area contributed by atoms with E-state index in [0.29, 0.717) is 30.0 Å². The number of rotatable bonds is 5. The van der Waals surface area contributed by atoms with E-state index in [4.69, 9.17) is 21.6 Å². The van der Waals surface area contributed by atoms with Gasteiger partial charge in [-0.25, -0.2) is 0 Å². The lowest BCUT2D eigenvalue weighted by atomic mass is 9.90. The van der Waals surface area contributed by atoms with Gasteiger partial charge in [0.2, 0.25) is 5.91 Å². The Kier molecular flexibility index (Phi) is 5.63. The molecule has 7 nitrogen and oxygen atoms in total. The van der Waals surface area contributed by atoms with Gasteiger partial charge in [0.05, 0.1) is 5.52 Å². The minimum Gasteiger partial charge on any atom is -0.398 e. The lowest BCUT2D eigenvalue weighted by molar-refractivity contribution is 0.0843. The second-order valence-corrected chi connectivity index (χ2v) is 8.72. The zero-order chi connectivity index (χ0) is 23.8. The molecule has 0 atom stereocenters. The van der Waals surface area contributed by atoms with E-state index in [2.05, 4.69) is 15.6 Å². The highest BCUT2D eigenvalue weighted by Crippen LogP contribution is 2.44. The number of nitrogens with two attached hydrogens (primary N) is 2. The summed E-state index contributed by atoms with van der Waals surface area (Å²) in [5.74, 6) is -0.188. The number of aromatic nitrogens is 2. The molecule has 5 N–H and O–H groups in total. The molecular weight excluding hydrogens is 426 g/mol. The number of carbonyl (C=O) groups is 1. The van der Waals surface area contributed by atoms with Crippen LogP contribution < -0.4 is 11.5 Å². The highest BCUT2D eigenvalue weighted by Gasteiger charge is 2.28. The van der Waals surface area contributed by atoms with Crippen molar-refractivity contribution in [2.45, 2.75) is 25.7 Å². The maximum absolute atomic E-state index is 11.7. The Morgan fingerprint density at radius 3 is 2.53 bits per heavy atom. The van der Waals surface area contributed by atoms with Crippen molar-refractivity contribution in [3.63, 3.8) is 0 Å². The molecule has 7 heteroatoms. The van der Waals surface area contributed by atoms with Gasteiger partial charge >= 0.3 is 0 Å². The Morgan fingerprint density at radius 1 is 1.15 bits per heavy atom. The summed E-state index contributed by atoms with van der Waals surface area (Å²) >= 11 is 0. The van der Waals surface area contributed by atoms with Gasteiger partial charge in [-0.3, -0.25) is 9.78 Å².